The highest BCUT2D eigenvalue weighted by Gasteiger charge is 2.30. The van der Waals surface area contributed by atoms with Crippen molar-refractivity contribution in [3.63, 3.8) is 0 Å². The standard InChI is InChI=1S/C27H35FN2O3/c1-4-24(27(32)29-23-8-6-5-7-9-23)30(17-21-11-13-22(28)14-12-21)26(31)18-33-25-15-10-19(2)16-20(25)3/h10-16,23-24H,4-9,17-18H2,1-3H3,(H,29,32)/t24-/m0/s1. The van der Waals surface area contributed by atoms with E-state index in [4.69, 9.17) is 4.74 Å². The second-order valence-corrected chi connectivity index (χ2v) is 8.97. The van der Waals surface area contributed by atoms with E-state index >= 15 is 0 Å². The van der Waals surface area contributed by atoms with E-state index in [1.165, 1.54) is 18.6 Å². The molecule has 1 N–H and O–H groups in total. The molecule has 2 amide bonds. The van der Waals surface area contributed by atoms with Crippen LogP contribution in [0.3, 0.4) is 0 Å². The van der Waals surface area contributed by atoms with Gasteiger partial charge in [0, 0.05) is 12.6 Å². The number of hydrogen-bond donors (Lipinski definition) is 1. The first-order valence-electron chi connectivity index (χ1n) is 11.9. The molecular weight excluding hydrogens is 419 g/mol. The molecule has 1 aliphatic rings. The molecule has 2 aromatic rings. The fraction of sp³-hybridized carbons (Fsp3) is 0.481. The van der Waals surface area contributed by atoms with E-state index in [1.54, 1.807) is 17.0 Å². The van der Waals surface area contributed by atoms with Crippen LogP contribution >= 0.6 is 0 Å². The van der Waals surface area contributed by atoms with Crippen LogP contribution in [0, 0.1) is 19.7 Å². The highest BCUT2D eigenvalue weighted by atomic mass is 19.1. The van der Waals surface area contributed by atoms with Crippen LogP contribution in [-0.2, 0) is 16.1 Å². The Labute approximate surface area is 196 Å². The van der Waals surface area contributed by atoms with Gasteiger partial charge in [-0.3, -0.25) is 9.59 Å². The predicted molar refractivity (Wildman–Crippen MR) is 127 cm³/mol. The van der Waals surface area contributed by atoms with Gasteiger partial charge in [0.1, 0.15) is 17.6 Å². The Hall–Kier alpha value is -2.89. The van der Waals surface area contributed by atoms with Gasteiger partial charge in [-0.05, 0) is 62.4 Å². The summed E-state index contributed by atoms with van der Waals surface area (Å²) in [6, 6.07) is 11.4. The first-order valence-corrected chi connectivity index (χ1v) is 11.9. The number of rotatable bonds is 9. The summed E-state index contributed by atoms with van der Waals surface area (Å²) >= 11 is 0. The van der Waals surface area contributed by atoms with Gasteiger partial charge in [0.25, 0.3) is 5.91 Å². The van der Waals surface area contributed by atoms with Crippen molar-refractivity contribution in [1.82, 2.24) is 10.2 Å². The molecule has 3 rings (SSSR count). The summed E-state index contributed by atoms with van der Waals surface area (Å²) in [7, 11) is 0. The molecular formula is C27H35FN2O3. The van der Waals surface area contributed by atoms with E-state index in [9.17, 15) is 14.0 Å². The van der Waals surface area contributed by atoms with Crippen LogP contribution in [0.1, 0.15) is 62.1 Å². The van der Waals surface area contributed by atoms with Gasteiger partial charge in [0.2, 0.25) is 5.91 Å². The average Bonchev–Trinajstić information content (AvgIpc) is 2.80. The maximum absolute atomic E-state index is 13.4. The number of ether oxygens (including phenoxy) is 1. The Morgan fingerprint density at radius 3 is 2.42 bits per heavy atom. The Morgan fingerprint density at radius 1 is 1.09 bits per heavy atom. The number of hydrogen-bond acceptors (Lipinski definition) is 3. The molecule has 5 nitrogen and oxygen atoms in total. The molecule has 1 saturated carbocycles. The van der Waals surface area contributed by atoms with Crippen LogP contribution in [-0.4, -0.2) is 35.4 Å². The maximum Gasteiger partial charge on any atom is 0.261 e. The van der Waals surface area contributed by atoms with Crippen LogP contribution in [0.5, 0.6) is 5.75 Å². The van der Waals surface area contributed by atoms with Crippen LogP contribution in [0.4, 0.5) is 4.39 Å². The molecule has 1 fully saturated rings. The number of benzene rings is 2. The summed E-state index contributed by atoms with van der Waals surface area (Å²) in [5.41, 5.74) is 2.84. The van der Waals surface area contributed by atoms with E-state index in [-0.39, 0.29) is 36.8 Å². The molecule has 0 heterocycles. The van der Waals surface area contributed by atoms with Gasteiger partial charge in [-0.15, -0.1) is 0 Å². The number of nitrogens with zero attached hydrogens (tertiary/aromatic N) is 1. The molecule has 0 unspecified atom stereocenters. The highest BCUT2D eigenvalue weighted by Crippen LogP contribution is 2.21. The summed E-state index contributed by atoms with van der Waals surface area (Å²) in [4.78, 5) is 28.1. The first-order chi connectivity index (χ1) is 15.9. The lowest BCUT2D eigenvalue weighted by Crippen LogP contribution is -2.52. The number of carbonyl (C=O) groups is 2. The predicted octanol–water partition coefficient (Wildman–Crippen LogP) is 5.08. The minimum atomic E-state index is -0.618. The van der Waals surface area contributed by atoms with Gasteiger partial charge in [0.15, 0.2) is 6.61 Å². The summed E-state index contributed by atoms with van der Waals surface area (Å²) < 4.78 is 19.2. The lowest BCUT2D eigenvalue weighted by atomic mass is 9.95. The van der Waals surface area contributed by atoms with Crippen LogP contribution in [0.2, 0.25) is 0 Å². The third-order valence-electron chi connectivity index (χ3n) is 6.29. The lowest BCUT2D eigenvalue weighted by Gasteiger charge is -2.32. The zero-order valence-electron chi connectivity index (χ0n) is 19.9. The Morgan fingerprint density at radius 2 is 1.79 bits per heavy atom. The van der Waals surface area contributed by atoms with Gasteiger partial charge in [-0.25, -0.2) is 4.39 Å². The number of halogens is 1. The lowest BCUT2D eigenvalue weighted by molar-refractivity contribution is -0.143. The number of amides is 2. The van der Waals surface area contributed by atoms with Crippen molar-refractivity contribution < 1.29 is 18.7 Å². The van der Waals surface area contributed by atoms with E-state index in [2.05, 4.69) is 5.32 Å². The quantitative estimate of drug-likeness (QED) is 0.575. The van der Waals surface area contributed by atoms with Crippen molar-refractivity contribution in [3.8, 4) is 5.75 Å². The van der Waals surface area contributed by atoms with Crippen LogP contribution in [0.15, 0.2) is 42.5 Å². The number of nitrogens with one attached hydrogen (secondary N) is 1. The normalized spacial score (nSPS) is 15.0. The maximum atomic E-state index is 13.4. The SMILES string of the molecule is CC[C@@H](C(=O)NC1CCCCC1)N(Cc1ccc(F)cc1)C(=O)COc1ccc(C)cc1C. The third kappa shape index (κ3) is 7.04. The monoisotopic (exact) mass is 454 g/mol. The third-order valence-corrected chi connectivity index (χ3v) is 6.29. The molecule has 1 aliphatic carbocycles. The number of aryl methyl sites for hydroxylation is 2. The average molecular weight is 455 g/mol. The first kappa shape index (κ1) is 24.7. The van der Waals surface area contributed by atoms with Gasteiger partial charge < -0.3 is 15.0 Å². The molecule has 0 saturated heterocycles. The van der Waals surface area contributed by atoms with E-state index in [0.717, 1.165) is 42.4 Å². The molecule has 0 aliphatic heterocycles. The second kappa shape index (κ2) is 11.8. The molecule has 33 heavy (non-hydrogen) atoms. The van der Waals surface area contributed by atoms with Crippen LogP contribution in [0.25, 0.3) is 0 Å². The molecule has 2 aromatic carbocycles. The number of carbonyl (C=O) groups excluding carboxylic acids is 2. The van der Waals surface area contributed by atoms with Crippen molar-refractivity contribution in [2.75, 3.05) is 6.61 Å². The highest BCUT2D eigenvalue weighted by molar-refractivity contribution is 5.88. The molecule has 0 bridgehead atoms. The molecule has 0 spiro atoms. The van der Waals surface area contributed by atoms with Crippen molar-refractivity contribution in [1.29, 1.82) is 0 Å². The summed E-state index contributed by atoms with van der Waals surface area (Å²) in [5.74, 6) is -0.0939. The van der Waals surface area contributed by atoms with Crippen molar-refractivity contribution in [2.45, 2.75) is 77.9 Å². The topological polar surface area (TPSA) is 58.6 Å². The van der Waals surface area contributed by atoms with Gasteiger partial charge in [0.05, 0.1) is 0 Å². The van der Waals surface area contributed by atoms with Crippen molar-refractivity contribution in [2.24, 2.45) is 0 Å². The van der Waals surface area contributed by atoms with Crippen molar-refractivity contribution >= 4 is 11.8 Å². The van der Waals surface area contributed by atoms with Crippen molar-refractivity contribution in [3.05, 3.63) is 65.0 Å². The molecule has 6 heteroatoms. The molecule has 0 radical (unpaired) electrons. The van der Waals surface area contributed by atoms with Crippen LogP contribution < -0.4 is 10.1 Å². The molecule has 1 atom stereocenters. The minimum absolute atomic E-state index is 0.133. The molecule has 0 aromatic heterocycles. The Kier molecular flexibility index (Phi) is 8.87. The summed E-state index contributed by atoms with van der Waals surface area (Å²) in [6.45, 7) is 5.89. The largest absolute Gasteiger partial charge is 0.483 e. The van der Waals surface area contributed by atoms with E-state index in [0.29, 0.717) is 12.2 Å². The van der Waals surface area contributed by atoms with Gasteiger partial charge >= 0.3 is 0 Å². The van der Waals surface area contributed by atoms with Gasteiger partial charge in [-0.2, -0.15) is 0 Å². The van der Waals surface area contributed by atoms with E-state index < -0.39 is 6.04 Å². The zero-order chi connectivity index (χ0) is 23.8. The molecule has 178 valence electrons. The zero-order valence-corrected chi connectivity index (χ0v) is 19.9. The fourth-order valence-corrected chi connectivity index (χ4v) is 4.43. The second-order valence-electron chi connectivity index (χ2n) is 8.97. The summed E-state index contributed by atoms with van der Waals surface area (Å²) in [5, 5.41) is 3.16. The Bertz CT molecular complexity index is 939. The van der Waals surface area contributed by atoms with Gasteiger partial charge in [-0.1, -0.05) is 56.0 Å². The summed E-state index contributed by atoms with van der Waals surface area (Å²) in [6.07, 6.45) is 5.87. The smallest absolute Gasteiger partial charge is 0.261 e. The minimum Gasteiger partial charge on any atom is -0.483 e. The van der Waals surface area contributed by atoms with E-state index in [1.807, 2.05) is 39.0 Å². The fourth-order valence-electron chi connectivity index (χ4n) is 4.43. The Balaban J connectivity index is 1.76.